The summed E-state index contributed by atoms with van der Waals surface area (Å²) >= 11 is 14.2. The molecule has 3 heterocycles. The molecule has 30 nitrogen and oxygen atoms in total. The summed E-state index contributed by atoms with van der Waals surface area (Å²) < 4.78 is 127. The van der Waals surface area contributed by atoms with Crippen LogP contribution in [0.2, 0.25) is 10.0 Å². The molecule has 4 rings (SSSR count). The quantitative estimate of drug-likeness (QED) is 0.0189. The van der Waals surface area contributed by atoms with Crippen molar-refractivity contribution in [3.05, 3.63) is 79.9 Å². The summed E-state index contributed by atoms with van der Waals surface area (Å²) in [5.41, 5.74) is 0.707. The van der Waals surface area contributed by atoms with Crippen molar-refractivity contribution >= 4 is 41.1 Å². The first-order chi connectivity index (χ1) is 52.8. The molecule has 0 aromatic heterocycles. The van der Waals surface area contributed by atoms with E-state index in [0.717, 1.165) is 0 Å². The first kappa shape index (κ1) is 98.0. The first-order valence-electron chi connectivity index (χ1n) is 37.9. The number of carbonyl (C=O) groups excluding carboxylic acids is 3. The molecule has 3 aliphatic heterocycles. The second-order valence-electron chi connectivity index (χ2n) is 27.1. The van der Waals surface area contributed by atoms with Crippen LogP contribution in [0.25, 0.3) is 0 Å². The van der Waals surface area contributed by atoms with Gasteiger partial charge in [-0.25, -0.2) is 9.59 Å². The van der Waals surface area contributed by atoms with Crippen molar-refractivity contribution in [2.24, 2.45) is 11.8 Å². The number of cyclic esters (lactones) is 1. The number of aliphatic hydroxyl groups excluding tert-OH is 5. The SMILES string of the molecule is CCc1c(Cl)c(OCCOCCOCCOCCOCCOCCOC)c(Cl)c(OCCOCCOCCOCCOCCOCCOC)c1C(=O)O[C@@H]1[C@@H](O)[C@@H](OC)[C@@H](OC/C2=C\C=C\C[C@H](O)/C(C)=C/[C@H](CC)[C@@H](O[C@@H]3OC(C)(C)[C@@H](OC(=O)C(C)C)[C@H](O)[C@@H]3O)/C(C)=C/C(C)=C/C[C@@H]([C@@H](C)O)OC2=O)O[C@H]1C. The van der Waals surface area contributed by atoms with Crippen molar-refractivity contribution in [3.8, 4) is 11.5 Å². The zero-order valence-electron chi connectivity index (χ0n) is 66.8. The summed E-state index contributed by atoms with van der Waals surface area (Å²) in [6.45, 7) is 26.1. The molecule has 5 N–H and O–H groups in total. The summed E-state index contributed by atoms with van der Waals surface area (Å²) in [5, 5.41) is 57.5. The van der Waals surface area contributed by atoms with E-state index < -0.39 is 122 Å². The highest BCUT2D eigenvalue weighted by atomic mass is 35.5. The lowest BCUT2D eigenvalue weighted by molar-refractivity contribution is -0.333. The van der Waals surface area contributed by atoms with Crippen LogP contribution in [0.1, 0.15) is 111 Å². The van der Waals surface area contributed by atoms with Gasteiger partial charge in [-0.05, 0) is 90.5 Å². The molecule has 1 aromatic rings. The molecule has 0 bridgehead atoms. The molecule has 32 heteroatoms. The van der Waals surface area contributed by atoms with Gasteiger partial charge in [-0.3, -0.25) is 4.79 Å². The van der Waals surface area contributed by atoms with E-state index in [4.69, 9.17) is 127 Å². The van der Waals surface area contributed by atoms with Crippen molar-refractivity contribution < 1.29 is 144 Å². The first-order valence-corrected chi connectivity index (χ1v) is 38.6. The van der Waals surface area contributed by atoms with Gasteiger partial charge in [0.25, 0.3) is 0 Å². The predicted molar refractivity (Wildman–Crippen MR) is 405 cm³/mol. The van der Waals surface area contributed by atoms with Crippen LogP contribution >= 0.6 is 23.2 Å². The maximum atomic E-state index is 14.8. The van der Waals surface area contributed by atoms with Gasteiger partial charge in [0.15, 0.2) is 36.3 Å². The third kappa shape index (κ3) is 34.6. The van der Waals surface area contributed by atoms with Crippen LogP contribution in [0.3, 0.4) is 0 Å². The van der Waals surface area contributed by atoms with Gasteiger partial charge >= 0.3 is 17.9 Å². The summed E-state index contributed by atoms with van der Waals surface area (Å²) in [6.07, 6.45) is -5.76. The fourth-order valence-corrected chi connectivity index (χ4v) is 12.2. The lowest BCUT2D eigenvalue weighted by Crippen LogP contribution is -2.64. The van der Waals surface area contributed by atoms with E-state index >= 15 is 0 Å². The second kappa shape index (κ2) is 55.2. The van der Waals surface area contributed by atoms with Crippen LogP contribution < -0.4 is 9.47 Å². The maximum Gasteiger partial charge on any atom is 0.342 e. The topological polar surface area (TPSA) is 355 Å². The molecule has 0 saturated carbocycles. The highest BCUT2D eigenvalue weighted by Crippen LogP contribution is 2.47. The molecule has 2 fully saturated rings. The van der Waals surface area contributed by atoms with Crippen molar-refractivity contribution in [2.75, 3.05) is 187 Å². The monoisotopic (exact) mass is 1610 g/mol. The average Bonchev–Trinajstić information content (AvgIpc) is 0.778. The normalized spacial score (nSPS) is 26.9. The molecule has 0 amide bonds. The number of aliphatic hydroxyl groups is 5. The Balaban J connectivity index is 1.49. The molecule has 0 radical (unpaired) electrons. The molecule has 14 atom stereocenters. The minimum Gasteiger partial charge on any atom is -0.489 e. The van der Waals surface area contributed by atoms with Crippen LogP contribution in [0.15, 0.2) is 58.7 Å². The second-order valence-corrected chi connectivity index (χ2v) is 27.9. The molecule has 1 aromatic carbocycles. The Labute approximate surface area is 659 Å². The third-order valence-corrected chi connectivity index (χ3v) is 18.5. The van der Waals surface area contributed by atoms with Crippen LogP contribution in [0.4, 0.5) is 0 Å². The Morgan fingerprint density at radius 3 is 1.57 bits per heavy atom. The summed E-state index contributed by atoms with van der Waals surface area (Å²) in [6, 6.07) is 0. The molecule has 0 unspecified atom stereocenters. The smallest absolute Gasteiger partial charge is 0.342 e. The van der Waals surface area contributed by atoms with E-state index in [0.29, 0.717) is 129 Å². The van der Waals surface area contributed by atoms with E-state index in [-0.39, 0.29) is 110 Å². The standard InChI is InChI=1S/C78H126Cl2O30/c1-15-56-48-52(6)59(82)20-18-17-19-57(74(87)106-60(54(8)81)22-21-51(5)47-53(7)67(56)108-76-65(84)64(83)72(78(10,11)110-76)109-73(86)50(3)4)49-104-77-71(91-14)66(85)68(55(9)105-77)107-75(88)61-58(16-2)62(79)70(103-46-44-101-42-40-99-38-36-97-34-32-95-30-28-93-26-24-90-13)63(80)69(61)102-45-43-100-41-39-98-37-35-96-33-31-94-29-27-92-25-23-89-12/h17-19,21,47-48,50,54-56,59-60,64-68,71-72,76-77,81-85H,15-16,20,22-46,49H2,1-14H3/b18-17+,51-21+,52-48+,53-47+,57-19+/t54-,55+,56+,59+,60+,64-,65+,66-,67+,68+,71-,72+,76-,77+/m1/s1. The number of benzene rings is 1. The van der Waals surface area contributed by atoms with Crippen LogP contribution in [0.5, 0.6) is 11.5 Å². The number of methoxy groups -OCH3 is 3. The Kier molecular flexibility index (Phi) is 49.2. The molecular formula is C78H126Cl2O30. The van der Waals surface area contributed by atoms with Gasteiger partial charge in [-0.15, -0.1) is 0 Å². The van der Waals surface area contributed by atoms with Crippen LogP contribution in [0, 0.1) is 11.8 Å². The van der Waals surface area contributed by atoms with Gasteiger partial charge in [0, 0.05) is 33.7 Å². The van der Waals surface area contributed by atoms with Gasteiger partial charge in [-0.2, -0.15) is 0 Å². The number of esters is 3. The Hall–Kier alpha value is -4.37. The molecule has 0 spiro atoms. The van der Waals surface area contributed by atoms with E-state index in [1.165, 1.54) is 20.1 Å². The van der Waals surface area contributed by atoms with E-state index in [1.54, 1.807) is 80.9 Å². The van der Waals surface area contributed by atoms with Gasteiger partial charge in [0.2, 0.25) is 0 Å². The zero-order chi connectivity index (χ0) is 81.0. The summed E-state index contributed by atoms with van der Waals surface area (Å²) in [5.74, 6) is -3.46. The minimum atomic E-state index is -1.62. The van der Waals surface area contributed by atoms with Crippen molar-refractivity contribution in [1.82, 2.24) is 0 Å². The molecule has 0 aliphatic carbocycles. The Morgan fingerprint density at radius 1 is 0.618 bits per heavy atom. The number of carbonyl (C=O) groups is 3. The summed E-state index contributed by atoms with van der Waals surface area (Å²) in [4.78, 5) is 41.8. The highest BCUT2D eigenvalue weighted by Gasteiger charge is 2.53. The fraction of sp³-hybridized carbons (Fsp3) is 0.756. The number of rotatable bonds is 51. The van der Waals surface area contributed by atoms with Gasteiger partial charge < -0.3 is 130 Å². The molecule has 632 valence electrons. The summed E-state index contributed by atoms with van der Waals surface area (Å²) in [7, 11) is 4.52. The maximum absolute atomic E-state index is 14.8. The number of hydrogen-bond acceptors (Lipinski definition) is 30. The third-order valence-electron chi connectivity index (χ3n) is 17.7. The number of ether oxygens (including phenoxy) is 22. The molecule has 2 saturated heterocycles. The minimum absolute atomic E-state index is 0.000534. The Morgan fingerprint density at radius 2 is 1.11 bits per heavy atom. The number of halogens is 2. The zero-order valence-corrected chi connectivity index (χ0v) is 68.3. The lowest BCUT2D eigenvalue weighted by Gasteiger charge is -2.47. The number of allylic oxidation sites excluding steroid dienone is 4. The van der Waals surface area contributed by atoms with E-state index in [9.17, 15) is 39.9 Å². The highest BCUT2D eigenvalue weighted by molar-refractivity contribution is 6.39. The predicted octanol–water partition coefficient (Wildman–Crippen LogP) is 7.04. The molecule has 3 aliphatic rings. The van der Waals surface area contributed by atoms with Crippen LogP contribution in [-0.2, 0) is 111 Å². The van der Waals surface area contributed by atoms with Gasteiger partial charge in [0.05, 0.1) is 193 Å². The Bertz CT molecular complexity index is 2930. The van der Waals surface area contributed by atoms with Crippen molar-refractivity contribution in [2.45, 2.75) is 187 Å². The van der Waals surface area contributed by atoms with Crippen LogP contribution in [-0.4, -0.2) is 315 Å². The van der Waals surface area contributed by atoms with Gasteiger partial charge in [0.1, 0.15) is 59.9 Å². The molecular weight excluding hydrogens is 1490 g/mol. The lowest BCUT2D eigenvalue weighted by atomic mass is 9.88. The van der Waals surface area contributed by atoms with Crippen molar-refractivity contribution in [3.63, 3.8) is 0 Å². The van der Waals surface area contributed by atoms with E-state index in [1.807, 2.05) is 32.9 Å². The molecule has 110 heavy (non-hydrogen) atoms. The van der Waals surface area contributed by atoms with E-state index in [2.05, 4.69) is 0 Å². The average molecular weight is 1610 g/mol. The number of hydrogen-bond donors (Lipinski definition) is 5. The van der Waals surface area contributed by atoms with Gasteiger partial charge in [-0.1, -0.05) is 86.9 Å². The van der Waals surface area contributed by atoms with Crippen molar-refractivity contribution in [1.29, 1.82) is 0 Å². The fourth-order valence-electron chi connectivity index (χ4n) is 11.5. The largest absolute Gasteiger partial charge is 0.489 e.